The highest BCUT2D eigenvalue weighted by molar-refractivity contribution is 5.94. The average Bonchev–Trinajstić information content (AvgIpc) is 2.81. The lowest BCUT2D eigenvalue weighted by Crippen LogP contribution is -2.37. The highest BCUT2D eigenvalue weighted by Gasteiger charge is 2.17. The fourth-order valence-electron chi connectivity index (χ4n) is 3.95. The van der Waals surface area contributed by atoms with Crippen LogP contribution in [0, 0.1) is 0 Å². The van der Waals surface area contributed by atoms with Crippen molar-refractivity contribution in [1.29, 1.82) is 0 Å². The highest BCUT2D eigenvalue weighted by Crippen LogP contribution is 2.14. The lowest BCUT2D eigenvalue weighted by molar-refractivity contribution is 0.0792. The van der Waals surface area contributed by atoms with Crippen molar-refractivity contribution in [3.05, 3.63) is 74.1 Å². The Hall–Kier alpha value is -3.30. The number of fused-ring (bicyclic) bond motifs is 1. The van der Waals surface area contributed by atoms with Gasteiger partial charge in [-0.3, -0.25) is 23.6 Å². The minimum absolute atomic E-state index is 0.143. The number of carbonyl (C=O) groups excluding carboxylic acids is 1. The zero-order valence-electron chi connectivity index (χ0n) is 18.2. The summed E-state index contributed by atoms with van der Waals surface area (Å²) in [4.78, 5) is 43.6. The van der Waals surface area contributed by atoms with E-state index in [2.05, 4.69) is 15.2 Å². The number of aryl methyl sites for hydroxylation is 1. The van der Waals surface area contributed by atoms with Crippen molar-refractivity contribution in [3.8, 4) is 0 Å². The summed E-state index contributed by atoms with van der Waals surface area (Å²) in [6.07, 6.45) is 1.45. The predicted octanol–water partition coefficient (Wildman–Crippen LogP) is 0.519. The van der Waals surface area contributed by atoms with Crippen LogP contribution in [0.25, 0.3) is 11.0 Å². The fourth-order valence-corrected chi connectivity index (χ4v) is 3.95. The Bertz CT molecular complexity index is 1250. The van der Waals surface area contributed by atoms with Gasteiger partial charge < -0.3 is 10.4 Å². The Morgan fingerprint density at radius 2 is 1.69 bits per heavy atom. The molecule has 0 radical (unpaired) electrons. The number of benzene rings is 1. The van der Waals surface area contributed by atoms with E-state index in [9.17, 15) is 19.5 Å². The molecule has 1 aromatic carbocycles. The molecule has 0 spiro atoms. The number of aliphatic hydroxyl groups is 1. The molecule has 32 heavy (non-hydrogen) atoms. The molecule has 9 nitrogen and oxygen atoms in total. The Kier molecular flexibility index (Phi) is 6.20. The van der Waals surface area contributed by atoms with E-state index in [-0.39, 0.29) is 28.7 Å². The monoisotopic (exact) mass is 437 g/mol. The van der Waals surface area contributed by atoms with Crippen molar-refractivity contribution < 1.29 is 9.90 Å². The molecule has 1 fully saturated rings. The van der Waals surface area contributed by atoms with Crippen molar-refractivity contribution in [1.82, 2.24) is 24.3 Å². The third-order valence-corrected chi connectivity index (χ3v) is 5.97. The fraction of sp³-hybridized carbons (Fsp3) is 0.391. The number of pyridine rings is 1. The predicted molar refractivity (Wildman–Crippen MR) is 120 cm³/mol. The van der Waals surface area contributed by atoms with Crippen LogP contribution in [-0.2, 0) is 27.2 Å². The van der Waals surface area contributed by atoms with Gasteiger partial charge in [0.25, 0.3) is 11.5 Å². The van der Waals surface area contributed by atoms with Gasteiger partial charge in [-0.15, -0.1) is 0 Å². The molecule has 9 heteroatoms. The Balaban J connectivity index is 1.41. The summed E-state index contributed by atoms with van der Waals surface area (Å²) in [5.41, 5.74) is 1.54. The van der Waals surface area contributed by atoms with Gasteiger partial charge in [0, 0.05) is 40.3 Å². The Labute approximate surface area is 184 Å². The number of rotatable bonds is 5. The van der Waals surface area contributed by atoms with E-state index in [1.165, 1.54) is 36.4 Å². The Morgan fingerprint density at radius 1 is 1.03 bits per heavy atom. The smallest absolute Gasteiger partial charge is 0.332 e. The lowest BCUT2D eigenvalue weighted by atomic mass is 10.1. The molecule has 0 bridgehead atoms. The maximum atomic E-state index is 12.6. The van der Waals surface area contributed by atoms with E-state index in [0.29, 0.717) is 6.54 Å². The normalized spacial score (nSPS) is 15.2. The molecule has 0 atom stereocenters. The van der Waals surface area contributed by atoms with Gasteiger partial charge in [0.2, 0.25) is 0 Å². The molecule has 0 unspecified atom stereocenters. The summed E-state index contributed by atoms with van der Waals surface area (Å²) in [5, 5.41) is 12.7. The van der Waals surface area contributed by atoms with Gasteiger partial charge in [0.05, 0.1) is 11.5 Å². The zero-order chi connectivity index (χ0) is 22.8. The minimum Gasteiger partial charge on any atom is -0.393 e. The molecule has 0 saturated carbocycles. The SMILES string of the molecule is Cn1c(=O)c2ccc(C(=O)NCc3ccc(CN4CCC(O)CC4)cc3)nc2n(C)c1=O. The van der Waals surface area contributed by atoms with Gasteiger partial charge in [0.1, 0.15) is 11.3 Å². The van der Waals surface area contributed by atoms with Crippen LogP contribution in [0.2, 0.25) is 0 Å². The first-order valence-electron chi connectivity index (χ1n) is 10.7. The molecule has 1 amide bonds. The molecular weight excluding hydrogens is 410 g/mol. The number of aliphatic hydroxyl groups excluding tert-OH is 1. The molecular formula is C23H27N5O4. The number of aromatic nitrogens is 3. The van der Waals surface area contributed by atoms with E-state index in [1.807, 2.05) is 24.3 Å². The van der Waals surface area contributed by atoms with Gasteiger partial charge in [-0.2, -0.15) is 0 Å². The molecule has 1 saturated heterocycles. The largest absolute Gasteiger partial charge is 0.393 e. The first-order chi connectivity index (χ1) is 15.3. The van der Waals surface area contributed by atoms with Crippen LogP contribution >= 0.6 is 0 Å². The quantitative estimate of drug-likeness (QED) is 0.602. The highest BCUT2D eigenvalue weighted by atomic mass is 16.3. The molecule has 1 aliphatic heterocycles. The standard InChI is InChI=1S/C23H27N5O4/c1-26-20-18(22(31)27(2)23(26)32)7-8-19(25-20)21(30)24-13-15-3-5-16(6-4-15)14-28-11-9-17(29)10-12-28/h3-8,17,29H,9-14H2,1-2H3,(H,24,30). The van der Waals surface area contributed by atoms with Crippen molar-refractivity contribution in [3.63, 3.8) is 0 Å². The second kappa shape index (κ2) is 9.05. The first-order valence-corrected chi connectivity index (χ1v) is 10.7. The van der Waals surface area contributed by atoms with Crippen LogP contribution in [0.4, 0.5) is 0 Å². The minimum atomic E-state index is -0.492. The second-order valence-corrected chi connectivity index (χ2v) is 8.28. The molecule has 168 valence electrons. The number of hydrogen-bond acceptors (Lipinski definition) is 6. The third-order valence-electron chi connectivity index (χ3n) is 5.97. The van der Waals surface area contributed by atoms with Gasteiger partial charge in [-0.25, -0.2) is 9.78 Å². The lowest BCUT2D eigenvalue weighted by Gasteiger charge is -2.29. The molecule has 1 aliphatic rings. The number of nitrogens with zero attached hydrogens (tertiary/aromatic N) is 4. The van der Waals surface area contributed by atoms with Crippen LogP contribution in [0.1, 0.15) is 34.5 Å². The van der Waals surface area contributed by atoms with Crippen molar-refractivity contribution in [2.75, 3.05) is 13.1 Å². The second-order valence-electron chi connectivity index (χ2n) is 8.28. The van der Waals surface area contributed by atoms with Crippen LogP contribution in [0.3, 0.4) is 0 Å². The van der Waals surface area contributed by atoms with E-state index in [0.717, 1.165) is 42.6 Å². The number of nitrogens with one attached hydrogen (secondary N) is 1. The number of piperidine rings is 1. The van der Waals surface area contributed by atoms with Crippen LogP contribution in [-0.4, -0.2) is 49.2 Å². The topological polar surface area (TPSA) is 109 Å². The summed E-state index contributed by atoms with van der Waals surface area (Å²) in [7, 11) is 2.93. The summed E-state index contributed by atoms with van der Waals surface area (Å²) in [6, 6.07) is 11.1. The van der Waals surface area contributed by atoms with E-state index >= 15 is 0 Å². The number of hydrogen-bond donors (Lipinski definition) is 2. The van der Waals surface area contributed by atoms with Crippen LogP contribution in [0.5, 0.6) is 0 Å². The van der Waals surface area contributed by atoms with E-state index in [4.69, 9.17) is 0 Å². The van der Waals surface area contributed by atoms with Gasteiger partial charge in [-0.1, -0.05) is 24.3 Å². The number of amides is 1. The van der Waals surface area contributed by atoms with Gasteiger partial charge >= 0.3 is 5.69 Å². The van der Waals surface area contributed by atoms with Crippen molar-refractivity contribution >= 4 is 16.9 Å². The molecule has 3 aromatic rings. The van der Waals surface area contributed by atoms with Crippen molar-refractivity contribution in [2.45, 2.75) is 32.0 Å². The first kappa shape index (κ1) is 21.9. The summed E-state index contributed by atoms with van der Waals surface area (Å²) in [6.45, 7) is 2.98. The summed E-state index contributed by atoms with van der Waals surface area (Å²) >= 11 is 0. The maximum Gasteiger partial charge on any atom is 0.332 e. The van der Waals surface area contributed by atoms with Crippen LogP contribution < -0.4 is 16.6 Å². The van der Waals surface area contributed by atoms with Crippen LogP contribution in [0.15, 0.2) is 46.0 Å². The third kappa shape index (κ3) is 4.49. The molecule has 3 heterocycles. The van der Waals surface area contributed by atoms with E-state index < -0.39 is 11.2 Å². The number of carbonyl (C=O) groups is 1. The number of likely N-dealkylation sites (tertiary alicyclic amines) is 1. The zero-order valence-corrected chi connectivity index (χ0v) is 18.2. The van der Waals surface area contributed by atoms with Crippen molar-refractivity contribution in [2.24, 2.45) is 14.1 Å². The molecule has 2 N–H and O–H groups in total. The van der Waals surface area contributed by atoms with E-state index in [1.54, 1.807) is 0 Å². The molecule has 0 aliphatic carbocycles. The van der Waals surface area contributed by atoms with Gasteiger partial charge in [0.15, 0.2) is 0 Å². The summed E-state index contributed by atoms with van der Waals surface area (Å²) in [5.74, 6) is -0.379. The van der Waals surface area contributed by atoms with Gasteiger partial charge in [-0.05, 0) is 36.1 Å². The Morgan fingerprint density at radius 3 is 2.38 bits per heavy atom. The summed E-state index contributed by atoms with van der Waals surface area (Å²) < 4.78 is 2.28. The average molecular weight is 438 g/mol. The maximum absolute atomic E-state index is 12.6. The molecule has 2 aromatic heterocycles. The molecule has 4 rings (SSSR count).